The van der Waals surface area contributed by atoms with Gasteiger partial charge in [0.05, 0.1) is 6.61 Å². The van der Waals surface area contributed by atoms with Crippen molar-refractivity contribution in [1.29, 1.82) is 0 Å². The van der Waals surface area contributed by atoms with E-state index < -0.39 is 12.1 Å². The summed E-state index contributed by atoms with van der Waals surface area (Å²) in [4.78, 5) is 10.9. The number of aldehydes is 1. The quantitative estimate of drug-likeness (QED) is 0.688. The third kappa shape index (κ3) is 5.01. The van der Waals surface area contributed by atoms with Gasteiger partial charge in [-0.1, -0.05) is 38.1 Å². The van der Waals surface area contributed by atoms with Gasteiger partial charge in [-0.25, -0.2) is 0 Å². The van der Waals surface area contributed by atoms with Gasteiger partial charge in [0.25, 0.3) is 0 Å². The van der Waals surface area contributed by atoms with Crippen LogP contribution in [0.4, 0.5) is 13.2 Å². The highest BCUT2D eigenvalue weighted by atomic mass is 19.4. The lowest BCUT2D eigenvalue weighted by Crippen LogP contribution is -2.18. The highest BCUT2D eigenvalue weighted by Gasteiger charge is 2.32. The molecular formula is C18H17F3O3. The molecule has 2 aromatic rings. The zero-order chi connectivity index (χ0) is 17.7. The van der Waals surface area contributed by atoms with E-state index in [-0.39, 0.29) is 18.3 Å². The Morgan fingerprint density at radius 2 is 1.75 bits per heavy atom. The number of ether oxygens (including phenoxy) is 2. The molecule has 0 fully saturated rings. The number of hydrogen-bond acceptors (Lipinski definition) is 3. The maximum atomic E-state index is 12.6. The molecule has 0 radical (unpaired) electrons. The fraction of sp³-hybridized carbons (Fsp3) is 0.278. The SMILES string of the molecule is CC(C)COc1ccc(-c2cccc(C=O)c2)cc1OC(F)(F)F. The smallest absolute Gasteiger partial charge is 0.489 e. The Hall–Kier alpha value is -2.50. The first-order valence-electron chi connectivity index (χ1n) is 7.36. The van der Waals surface area contributed by atoms with Gasteiger partial charge >= 0.3 is 6.36 Å². The van der Waals surface area contributed by atoms with Crippen molar-refractivity contribution in [3.05, 3.63) is 48.0 Å². The highest BCUT2D eigenvalue weighted by molar-refractivity contribution is 5.79. The molecule has 6 heteroatoms. The van der Waals surface area contributed by atoms with Crippen LogP contribution in [0.2, 0.25) is 0 Å². The molecular weight excluding hydrogens is 321 g/mol. The number of alkyl halides is 3. The predicted molar refractivity (Wildman–Crippen MR) is 84.3 cm³/mol. The molecule has 0 N–H and O–H groups in total. The fourth-order valence-electron chi connectivity index (χ4n) is 2.06. The van der Waals surface area contributed by atoms with Gasteiger partial charge in [0.2, 0.25) is 0 Å². The standard InChI is InChI=1S/C18H17F3O3/c1-12(2)11-23-16-7-6-15(9-17(16)24-18(19,20)21)14-5-3-4-13(8-14)10-22/h3-10,12H,11H2,1-2H3. The van der Waals surface area contributed by atoms with Gasteiger partial charge in [0.1, 0.15) is 6.29 Å². The van der Waals surface area contributed by atoms with Gasteiger partial charge < -0.3 is 9.47 Å². The second-order valence-electron chi connectivity index (χ2n) is 5.66. The zero-order valence-electron chi connectivity index (χ0n) is 13.3. The summed E-state index contributed by atoms with van der Waals surface area (Å²) >= 11 is 0. The second kappa shape index (κ2) is 7.38. The van der Waals surface area contributed by atoms with E-state index in [0.717, 1.165) is 0 Å². The summed E-state index contributed by atoms with van der Waals surface area (Å²) in [6, 6.07) is 10.9. The summed E-state index contributed by atoms with van der Waals surface area (Å²) in [6.45, 7) is 4.06. The third-order valence-corrected chi connectivity index (χ3v) is 3.10. The van der Waals surface area contributed by atoms with Crippen molar-refractivity contribution in [3.63, 3.8) is 0 Å². The summed E-state index contributed by atoms with van der Waals surface area (Å²) in [7, 11) is 0. The molecule has 128 valence electrons. The monoisotopic (exact) mass is 338 g/mol. The lowest BCUT2D eigenvalue weighted by Gasteiger charge is -2.16. The number of hydrogen-bond donors (Lipinski definition) is 0. The number of rotatable bonds is 6. The number of carbonyl (C=O) groups is 1. The van der Waals surface area contributed by atoms with Crippen LogP contribution in [0.15, 0.2) is 42.5 Å². The molecule has 0 atom stereocenters. The van der Waals surface area contributed by atoms with Crippen LogP contribution in [0.1, 0.15) is 24.2 Å². The van der Waals surface area contributed by atoms with Gasteiger partial charge in [-0.05, 0) is 35.2 Å². The van der Waals surface area contributed by atoms with E-state index in [1.165, 1.54) is 12.1 Å². The Morgan fingerprint density at radius 1 is 1.04 bits per heavy atom. The lowest BCUT2D eigenvalue weighted by molar-refractivity contribution is -0.275. The molecule has 0 unspecified atom stereocenters. The number of benzene rings is 2. The van der Waals surface area contributed by atoms with Crippen molar-refractivity contribution in [2.75, 3.05) is 6.61 Å². The Morgan fingerprint density at radius 3 is 2.38 bits per heavy atom. The minimum absolute atomic E-state index is 0.0244. The van der Waals surface area contributed by atoms with Crippen LogP contribution >= 0.6 is 0 Å². The first-order chi connectivity index (χ1) is 11.3. The van der Waals surface area contributed by atoms with E-state index >= 15 is 0 Å². The van der Waals surface area contributed by atoms with Gasteiger partial charge in [-0.3, -0.25) is 4.79 Å². The largest absolute Gasteiger partial charge is 0.573 e. The summed E-state index contributed by atoms with van der Waals surface area (Å²) in [5.41, 5.74) is 1.54. The molecule has 3 nitrogen and oxygen atoms in total. The second-order valence-corrected chi connectivity index (χ2v) is 5.66. The maximum Gasteiger partial charge on any atom is 0.573 e. The van der Waals surface area contributed by atoms with Crippen LogP contribution in [0, 0.1) is 5.92 Å². The minimum atomic E-state index is -4.82. The van der Waals surface area contributed by atoms with E-state index in [0.29, 0.717) is 23.0 Å². The average Bonchev–Trinajstić information content (AvgIpc) is 2.52. The first-order valence-corrected chi connectivity index (χ1v) is 7.36. The van der Waals surface area contributed by atoms with Gasteiger partial charge in [0.15, 0.2) is 11.5 Å². The molecule has 24 heavy (non-hydrogen) atoms. The van der Waals surface area contributed by atoms with Crippen molar-refractivity contribution in [3.8, 4) is 22.6 Å². The summed E-state index contributed by atoms with van der Waals surface area (Å²) in [5.74, 6) is -0.221. The van der Waals surface area contributed by atoms with Crippen LogP contribution in [0.5, 0.6) is 11.5 Å². The van der Waals surface area contributed by atoms with Crippen molar-refractivity contribution in [2.45, 2.75) is 20.2 Å². The van der Waals surface area contributed by atoms with E-state index in [4.69, 9.17) is 4.74 Å². The molecule has 0 aromatic heterocycles. The average molecular weight is 338 g/mol. The van der Waals surface area contributed by atoms with Crippen LogP contribution < -0.4 is 9.47 Å². The molecule has 2 rings (SSSR count). The zero-order valence-corrected chi connectivity index (χ0v) is 13.3. The lowest BCUT2D eigenvalue weighted by atomic mass is 10.0. The molecule has 0 aliphatic rings. The molecule has 0 saturated carbocycles. The van der Waals surface area contributed by atoms with Crippen molar-refractivity contribution >= 4 is 6.29 Å². The summed E-state index contributed by atoms with van der Waals surface area (Å²) in [5, 5.41) is 0. The number of halogens is 3. The van der Waals surface area contributed by atoms with E-state index in [1.54, 1.807) is 30.3 Å². The van der Waals surface area contributed by atoms with E-state index in [9.17, 15) is 18.0 Å². The molecule has 0 heterocycles. The van der Waals surface area contributed by atoms with Gasteiger partial charge in [-0.2, -0.15) is 0 Å². The molecule has 2 aromatic carbocycles. The first kappa shape index (κ1) is 17.8. The van der Waals surface area contributed by atoms with E-state index in [2.05, 4.69) is 4.74 Å². The van der Waals surface area contributed by atoms with Crippen LogP contribution in [0.3, 0.4) is 0 Å². The van der Waals surface area contributed by atoms with Gasteiger partial charge in [-0.15, -0.1) is 13.2 Å². The molecule has 0 amide bonds. The summed E-state index contributed by atoms with van der Waals surface area (Å²) < 4.78 is 47.4. The molecule has 0 aliphatic carbocycles. The Labute approximate surface area is 138 Å². The normalized spacial score (nSPS) is 11.4. The van der Waals surface area contributed by atoms with Crippen molar-refractivity contribution < 1.29 is 27.4 Å². The van der Waals surface area contributed by atoms with Gasteiger partial charge in [0, 0.05) is 5.56 Å². The Balaban J connectivity index is 2.40. The Kier molecular flexibility index (Phi) is 5.49. The van der Waals surface area contributed by atoms with Crippen LogP contribution in [-0.2, 0) is 0 Å². The van der Waals surface area contributed by atoms with E-state index in [1.807, 2.05) is 13.8 Å². The predicted octanol–water partition coefficient (Wildman–Crippen LogP) is 5.10. The maximum absolute atomic E-state index is 12.6. The topological polar surface area (TPSA) is 35.5 Å². The van der Waals surface area contributed by atoms with Crippen molar-refractivity contribution in [1.82, 2.24) is 0 Å². The minimum Gasteiger partial charge on any atom is -0.489 e. The third-order valence-electron chi connectivity index (χ3n) is 3.10. The molecule has 0 aliphatic heterocycles. The van der Waals surface area contributed by atoms with Crippen LogP contribution in [-0.4, -0.2) is 19.3 Å². The highest BCUT2D eigenvalue weighted by Crippen LogP contribution is 2.36. The molecule has 0 spiro atoms. The van der Waals surface area contributed by atoms with Crippen molar-refractivity contribution in [2.24, 2.45) is 5.92 Å². The number of carbonyl (C=O) groups excluding carboxylic acids is 1. The summed E-state index contributed by atoms with van der Waals surface area (Å²) in [6.07, 6.45) is -4.14. The fourth-order valence-corrected chi connectivity index (χ4v) is 2.06. The Bertz CT molecular complexity index is 709. The molecule has 0 bridgehead atoms. The molecule has 0 saturated heterocycles. The van der Waals surface area contributed by atoms with Crippen LogP contribution in [0.25, 0.3) is 11.1 Å².